The molecule has 0 spiro atoms. The van der Waals surface area contributed by atoms with Crippen LogP contribution in [0.4, 0.5) is 0 Å². The highest BCUT2D eigenvalue weighted by molar-refractivity contribution is 8.04. The quantitative estimate of drug-likeness (QED) is 0.195. The largest absolute Gasteiger partial charge is 0.352 e. The molecule has 0 aromatic heterocycles. The highest BCUT2D eigenvalue weighted by atomic mass is 32.2. The first kappa shape index (κ1) is 25.2. The Labute approximate surface area is 180 Å². The molecule has 1 aliphatic heterocycles. The molecule has 0 aromatic carbocycles. The fraction of sp³-hybridized carbons (Fsp3) is 0.609. The third kappa shape index (κ3) is 6.58. The Morgan fingerprint density at radius 2 is 1.79 bits per heavy atom. The van der Waals surface area contributed by atoms with Gasteiger partial charge >= 0.3 is 0 Å². The zero-order valence-corrected chi connectivity index (χ0v) is 19.5. The minimum absolute atomic E-state index is 0.00420. The molecule has 0 aromatic rings. The number of hydrogen-bond donors (Lipinski definition) is 0. The van der Waals surface area contributed by atoms with Crippen LogP contribution in [0.15, 0.2) is 33.4 Å². The van der Waals surface area contributed by atoms with Crippen LogP contribution in [-0.2, 0) is 9.59 Å². The average molecular weight is 418 g/mol. The van der Waals surface area contributed by atoms with E-state index in [0.29, 0.717) is 23.4 Å². The van der Waals surface area contributed by atoms with Crippen LogP contribution >= 0.6 is 11.8 Å². The van der Waals surface area contributed by atoms with Gasteiger partial charge in [-0.1, -0.05) is 52.3 Å². The molecule has 160 valence electrons. The van der Waals surface area contributed by atoms with E-state index in [9.17, 15) is 9.59 Å². The van der Waals surface area contributed by atoms with E-state index in [2.05, 4.69) is 44.5 Å². The van der Waals surface area contributed by atoms with Crippen LogP contribution < -0.4 is 0 Å². The van der Waals surface area contributed by atoms with Crippen LogP contribution in [0.25, 0.3) is 0 Å². The van der Waals surface area contributed by atoms with Gasteiger partial charge in [0.15, 0.2) is 6.29 Å². The molecule has 0 saturated heterocycles. The topological polar surface area (TPSA) is 64.4 Å². The van der Waals surface area contributed by atoms with Crippen LogP contribution in [0, 0.1) is 17.2 Å². The summed E-state index contributed by atoms with van der Waals surface area (Å²) in [4.78, 5) is 28.8. The van der Waals surface area contributed by atoms with Gasteiger partial charge in [0.2, 0.25) is 0 Å². The lowest BCUT2D eigenvalue weighted by molar-refractivity contribution is -0.105. The Hall–Kier alpha value is -1.84. The van der Waals surface area contributed by atoms with Crippen molar-refractivity contribution in [3.05, 3.63) is 33.4 Å². The molecule has 0 saturated carbocycles. The first-order valence-corrected chi connectivity index (χ1v) is 11.3. The average Bonchev–Trinajstić information content (AvgIpc) is 3.03. The van der Waals surface area contributed by atoms with Crippen molar-refractivity contribution in [2.45, 2.75) is 65.8 Å². The maximum atomic E-state index is 11.7. The van der Waals surface area contributed by atoms with Gasteiger partial charge in [-0.2, -0.15) is 5.26 Å². The van der Waals surface area contributed by atoms with Crippen molar-refractivity contribution in [3.8, 4) is 6.07 Å². The molecular formula is C23H35N3O2S. The third-order valence-corrected chi connectivity index (χ3v) is 6.55. The van der Waals surface area contributed by atoms with Gasteiger partial charge in [-0.3, -0.25) is 14.5 Å². The van der Waals surface area contributed by atoms with E-state index in [1.54, 1.807) is 18.7 Å². The molecule has 0 aliphatic carbocycles. The van der Waals surface area contributed by atoms with Crippen molar-refractivity contribution in [3.63, 3.8) is 0 Å². The lowest BCUT2D eigenvalue weighted by Crippen LogP contribution is -2.43. The van der Waals surface area contributed by atoms with Crippen LogP contribution in [-0.4, -0.2) is 48.0 Å². The van der Waals surface area contributed by atoms with Gasteiger partial charge in [0.25, 0.3) is 0 Å². The maximum Gasteiger partial charge on any atom is 0.160 e. The van der Waals surface area contributed by atoms with Crippen molar-refractivity contribution in [2.75, 3.05) is 20.1 Å². The van der Waals surface area contributed by atoms with Gasteiger partial charge in [0, 0.05) is 36.3 Å². The second-order valence-corrected chi connectivity index (χ2v) is 8.79. The van der Waals surface area contributed by atoms with E-state index < -0.39 is 0 Å². The second-order valence-electron chi connectivity index (χ2n) is 7.69. The molecule has 0 bridgehead atoms. The molecule has 1 rings (SSSR count). The molecule has 29 heavy (non-hydrogen) atoms. The lowest BCUT2D eigenvalue weighted by atomic mass is 10.0. The SMILES string of the molecule is CCCCN(CCCC)C1SC(/C=C(C=O)/C(C)=C(/C#N)C=O)=C(C(C)C)N1C. The molecule has 1 aliphatic rings. The Morgan fingerprint density at radius 3 is 2.21 bits per heavy atom. The van der Waals surface area contributed by atoms with Crippen molar-refractivity contribution in [1.29, 1.82) is 5.26 Å². The highest BCUT2D eigenvalue weighted by Gasteiger charge is 2.34. The van der Waals surface area contributed by atoms with Gasteiger partial charge in [-0.25, -0.2) is 0 Å². The monoisotopic (exact) mass is 417 g/mol. The summed E-state index contributed by atoms with van der Waals surface area (Å²) in [6.45, 7) is 12.5. The fourth-order valence-electron chi connectivity index (χ4n) is 3.45. The first-order valence-electron chi connectivity index (χ1n) is 10.5. The summed E-state index contributed by atoms with van der Waals surface area (Å²) in [5, 5.41) is 9.15. The van der Waals surface area contributed by atoms with Gasteiger partial charge in [-0.15, -0.1) is 0 Å². The van der Waals surface area contributed by atoms with E-state index in [1.807, 2.05) is 12.1 Å². The van der Waals surface area contributed by atoms with Crippen molar-refractivity contribution >= 4 is 24.3 Å². The number of allylic oxidation sites excluding steroid dienone is 5. The summed E-state index contributed by atoms with van der Waals surface area (Å²) < 4.78 is 0. The summed E-state index contributed by atoms with van der Waals surface area (Å²) >= 11 is 1.75. The number of carbonyl (C=O) groups excluding carboxylic acids is 2. The van der Waals surface area contributed by atoms with Crippen molar-refractivity contribution in [1.82, 2.24) is 9.80 Å². The summed E-state index contributed by atoms with van der Waals surface area (Å²) in [6.07, 6.45) is 7.72. The summed E-state index contributed by atoms with van der Waals surface area (Å²) in [7, 11) is 2.12. The van der Waals surface area contributed by atoms with Gasteiger partial charge in [0.05, 0.1) is 5.57 Å². The van der Waals surface area contributed by atoms with E-state index in [1.165, 1.54) is 5.70 Å². The van der Waals surface area contributed by atoms with Crippen LogP contribution in [0.5, 0.6) is 0 Å². The number of nitriles is 1. The van der Waals surface area contributed by atoms with Crippen molar-refractivity contribution in [2.24, 2.45) is 5.92 Å². The molecule has 1 heterocycles. The number of carbonyl (C=O) groups is 2. The molecule has 1 atom stereocenters. The molecular weight excluding hydrogens is 382 g/mol. The van der Waals surface area contributed by atoms with Crippen LogP contribution in [0.3, 0.4) is 0 Å². The Kier molecular flexibility index (Phi) is 11.0. The molecule has 5 nitrogen and oxygen atoms in total. The zero-order chi connectivity index (χ0) is 22.0. The van der Waals surface area contributed by atoms with Gasteiger partial charge in [-0.05, 0) is 37.3 Å². The number of nitrogens with zero attached hydrogens (tertiary/aromatic N) is 3. The van der Waals surface area contributed by atoms with Crippen molar-refractivity contribution < 1.29 is 9.59 Å². The van der Waals surface area contributed by atoms with E-state index >= 15 is 0 Å². The summed E-state index contributed by atoms with van der Waals surface area (Å²) in [6, 6.07) is 1.88. The molecule has 6 heteroatoms. The first-order chi connectivity index (χ1) is 13.9. The number of aldehydes is 2. The summed E-state index contributed by atoms with van der Waals surface area (Å²) in [5.41, 5.74) is 2.19. The molecule has 0 radical (unpaired) electrons. The van der Waals surface area contributed by atoms with Crippen LogP contribution in [0.2, 0.25) is 0 Å². The molecule has 1 unspecified atom stereocenters. The van der Waals surface area contributed by atoms with E-state index in [4.69, 9.17) is 5.26 Å². The fourth-order valence-corrected chi connectivity index (χ4v) is 5.00. The standard InChI is InChI=1S/C23H35N3O2S/c1-7-9-11-26(12-10-8-2)23-25(6)22(17(3)4)21(29-23)13-19(15-27)18(5)20(14-24)16-28/h13,15-17,23H,7-12H2,1-6H3/b19-13+,20-18-. The van der Waals surface area contributed by atoms with E-state index in [0.717, 1.165) is 50.0 Å². The molecule has 0 fully saturated rings. The maximum absolute atomic E-state index is 11.7. The zero-order valence-electron chi connectivity index (χ0n) is 18.7. The Morgan fingerprint density at radius 1 is 1.21 bits per heavy atom. The van der Waals surface area contributed by atoms with Crippen LogP contribution in [0.1, 0.15) is 60.3 Å². The Bertz CT molecular complexity index is 708. The smallest absolute Gasteiger partial charge is 0.160 e. The Balaban J connectivity index is 3.33. The second kappa shape index (κ2) is 12.7. The number of thioether (sulfide) groups is 1. The lowest BCUT2D eigenvalue weighted by Gasteiger charge is -2.35. The highest BCUT2D eigenvalue weighted by Crippen LogP contribution is 2.43. The third-order valence-electron chi connectivity index (χ3n) is 5.14. The minimum atomic E-state index is -0.00420. The molecule has 0 amide bonds. The van der Waals surface area contributed by atoms with E-state index in [-0.39, 0.29) is 11.1 Å². The van der Waals surface area contributed by atoms with Gasteiger partial charge < -0.3 is 4.90 Å². The van der Waals surface area contributed by atoms with Gasteiger partial charge in [0.1, 0.15) is 17.9 Å². The predicted octanol–water partition coefficient (Wildman–Crippen LogP) is 4.88. The number of unbranched alkanes of at least 4 members (excludes halogenated alkanes) is 2. The number of rotatable bonds is 12. The number of hydrogen-bond acceptors (Lipinski definition) is 6. The predicted molar refractivity (Wildman–Crippen MR) is 121 cm³/mol. The normalized spacial score (nSPS) is 18.4. The molecule has 0 N–H and O–H groups in total. The summed E-state index contributed by atoms with van der Waals surface area (Å²) in [5.74, 6) is 0.293. The minimum Gasteiger partial charge on any atom is -0.352 e.